The Hall–Kier alpha value is -1.85. The van der Waals surface area contributed by atoms with Crippen molar-refractivity contribution < 1.29 is 9.90 Å². The van der Waals surface area contributed by atoms with Crippen LogP contribution in [0.1, 0.15) is 52.9 Å². The summed E-state index contributed by atoms with van der Waals surface area (Å²) in [6.45, 7) is 10.1. The highest BCUT2D eigenvalue weighted by Gasteiger charge is 2.38. The molecule has 1 aromatic carbocycles. The third kappa shape index (κ3) is 3.39. The van der Waals surface area contributed by atoms with Crippen LogP contribution in [0.2, 0.25) is 0 Å². The number of nitrogens with one attached hydrogen (secondary N) is 1. The van der Waals surface area contributed by atoms with E-state index in [1.54, 1.807) is 0 Å². The van der Waals surface area contributed by atoms with Crippen LogP contribution in [0.15, 0.2) is 12.1 Å². The van der Waals surface area contributed by atoms with E-state index in [1.165, 1.54) is 18.4 Å². The zero-order valence-corrected chi connectivity index (χ0v) is 16.8. The number of benzene rings is 1. The van der Waals surface area contributed by atoms with Crippen molar-refractivity contribution in [1.29, 1.82) is 0 Å². The zero-order chi connectivity index (χ0) is 19.2. The molecule has 5 nitrogen and oxygen atoms in total. The number of likely N-dealkylation sites (tertiary alicyclic amines) is 2. The first-order valence-corrected chi connectivity index (χ1v) is 10.2. The molecule has 146 valence electrons. The van der Waals surface area contributed by atoms with E-state index in [1.807, 2.05) is 11.8 Å². The quantitative estimate of drug-likeness (QED) is 0.874. The first-order valence-electron chi connectivity index (χ1n) is 10.2. The second-order valence-electron chi connectivity index (χ2n) is 8.61. The van der Waals surface area contributed by atoms with E-state index in [0.717, 1.165) is 48.0 Å². The van der Waals surface area contributed by atoms with Crippen molar-refractivity contribution >= 4 is 16.8 Å². The number of nitrogens with zero attached hydrogens (tertiary/aromatic N) is 2. The summed E-state index contributed by atoms with van der Waals surface area (Å²) in [5, 5.41) is 12.3. The topological polar surface area (TPSA) is 59.6 Å². The number of β-amino-alcohol motifs (C(OH)–C–C–N with tert-alkyl or cyclic N) is 1. The van der Waals surface area contributed by atoms with Gasteiger partial charge in [0.2, 0.25) is 0 Å². The van der Waals surface area contributed by atoms with Crippen LogP contribution in [0.25, 0.3) is 10.9 Å². The van der Waals surface area contributed by atoms with Gasteiger partial charge in [0.15, 0.2) is 0 Å². The van der Waals surface area contributed by atoms with Crippen molar-refractivity contribution in [3.63, 3.8) is 0 Å². The Morgan fingerprint density at radius 2 is 1.81 bits per heavy atom. The summed E-state index contributed by atoms with van der Waals surface area (Å²) in [5.74, 6) is 0.0158. The number of aryl methyl sites for hydroxylation is 3. The lowest BCUT2D eigenvalue weighted by molar-refractivity contribution is -0.0432. The maximum Gasteiger partial charge on any atom is 0.270 e. The summed E-state index contributed by atoms with van der Waals surface area (Å²) in [4.78, 5) is 20.9. The molecular formula is C22H31N3O2. The average Bonchev–Trinajstić information content (AvgIpc) is 3.25. The Labute approximate surface area is 161 Å². The van der Waals surface area contributed by atoms with E-state index in [-0.39, 0.29) is 5.91 Å². The second kappa shape index (κ2) is 6.95. The summed E-state index contributed by atoms with van der Waals surface area (Å²) in [7, 11) is 0. The zero-order valence-electron chi connectivity index (χ0n) is 16.8. The Balaban J connectivity index is 1.59. The van der Waals surface area contributed by atoms with Crippen LogP contribution in [-0.4, -0.2) is 64.1 Å². The van der Waals surface area contributed by atoms with Crippen LogP contribution < -0.4 is 0 Å². The number of carbonyl (C=O) groups excluding carboxylic acids is 1. The molecule has 2 fully saturated rings. The SMILES string of the molecule is Cc1ccc(C)c2c(C)c(C(=O)N3CCCC(O)(CN4CCCC4)C3)[nH]c12. The van der Waals surface area contributed by atoms with Crippen molar-refractivity contribution in [1.82, 2.24) is 14.8 Å². The standard InChI is InChI=1S/C22H31N3O2/c1-15-7-8-16(2)19-18(15)17(3)20(23-19)21(26)25-12-6-9-22(27,14-25)13-24-10-4-5-11-24/h7-8,23,27H,4-6,9-14H2,1-3H3. The molecule has 0 radical (unpaired) electrons. The number of H-pyrrole nitrogens is 1. The smallest absolute Gasteiger partial charge is 0.270 e. The molecule has 0 spiro atoms. The van der Waals surface area contributed by atoms with Crippen LogP contribution in [0, 0.1) is 20.8 Å². The van der Waals surface area contributed by atoms with Gasteiger partial charge in [-0.2, -0.15) is 0 Å². The summed E-state index contributed by atoms with van der Waals surface area (Å²) >= 11 is 0. The third-order valence-corrected chi connectivity index (χ3v) is 6.40. The molecule has 0 saturated carbocycles. The molecule has 4 rings (SSSR count). The minimum atomic E-state index is -0.788. The van der Waals surface area contributed by atoms with Gasteiger partial charge >= 0.3 is 0 Å². The van der Waals surface area contributed by atoms with E-state index in [9.17, 15) is 9.90 Å². The lowest BCUT2D eigenvalue weighted by Gasteiger charge is -2.41. The van der Waals surface area contributed by atoms with Gasteiger partial charge in [0.1, 0.15) is 5.69 Å². The molecule has 2 saturated heterocycles. The lowest BCUT2D eigenvalue weighted by Crippen LogP contribution is -2.55. The molecule has 5 heteroatoms. The molecule has 3 heterocycles. The van der Waals surface area contributed by atoms with Crippen molar-refractivity contribution in [3.8, 4) is 0 Å². The largest absolute Gasteiger partial charge is 0.387 e. The van der Waals surface area contributed by atoms with Crippen molar-refractivity contribution in [2.75, 3.05) is 32.7 Å². The maximum absolute atomic E-state index is 13.3. The number of rotatable bonds is 3. The first kappa shape index (κ1) is 18.5. The number of aliphatic hydroxyl groups is 1. The molecule has 2 N–H and O–H groups in total. The molecular weight excluding hydrogens is 338 g/mol. The number of aromatic nitrogens is 1. The molecule has 0 bridgehead atoms. The second-order valence-corrected chi connectivity index (χ2v) is 8.61. The fourth-order valence-corrected chi connectivity index (χ4v) is 4.94. The van der Waals surface area contributed by atoms with E-state index in [0.29, 0.717) is 25.3 Å². The summed E-state index contributed by atoms with van der Waals surface area (Å²) < 4.78 is 0. The van der Waals surface area contributed by atoms with Crippen LogP contribution >= 0.6 is 0 Å². The fourth-order valence-electron chi connectivity index (χ4n) is 4.94. The summed E-state index contributed by atoms with van der Waals surface area (Å²) in [6, 6.07) is 4.21. The number of amides is 1. The van der Waals surface area contributed by atoms with E-state index < -0.39 is 5.60 Å². The number of aromatic amines is 1. The maximum atomic E-state index is 13.3. The van der Waals surface area contributed by atoms with Crippen molar-refractivity contribution in [3.05, 3.63) is 34.5 Å². The first-order chi connectivity index (χ1) is 12.9. The summed E-state index contributed by atoms with van der Waals surface area (Å²) in [6.07, 6.45) is 4.06. The molecule has 2 aromatic rings. The molecule has 1 amide bonds. The molecule has 2 aliphatic heterocycles. The van der Waals surface area contributed by atoms with E-state index in [4.69, 9.17) is 0 Å². The van der Waals surface area contributed by atoms with E-state index in [2.05, 4.69) is 35.9 Å². The van der Waals surface area contributed by atoms with Gasteiger partial charge in [0.25, 0.3) is 5.91 Å². The highest BCUT2D eigenvalue weighted by Crippen LogP contribution is 2.30. The van der Waals surface area contributed by atoms with Crippen molar-refractivity contribution in [2.24, 2.45) is 0 Å². The van der Waals surface area contributed by atoms with Crippen molar-refractivity contribution in [2.45, 2.75) is 52.1 Å². The Kier molecular flexibility index (Phi) is 4.77. The van der Waals surface area contributed by atoms with Gasteiger partial charge in [0.05, 0.1) is 12.1 Å². The predicted octanol–water partition coefficient (Wildman–Crippen LogP) is 3.16. The fraction of sp³-hybridized carbons (Fsp3) is 0.591. The van der Waals surface area contributed by atoms with Gasteiger partial charge in [-0.3, -0.25) is 4.79 Å². The van der Waals surface area contributed by atoms with Crippen LogP contribution in [0.3, 0.4) is 0 Å². The normalized spacial score (nSPS) is 24.1. The Morgan fingerprint density at radius 3 is 2.52 bits per heavy atom. The van der Waals surface area contributed by atoms with Gasteiger partial charge in [-0.1, -0.05) is 12.1 Å². The Morgan fingerprint density at radius 1 is 1.11 bits per heavy atom. The molecule has 0 aliphatic carbocycles. The predicted molar refractivity (Wildman–Crippen MR) is 108 cm³/mol. The molecule has 1 unspecified atom stereocenters. The van der Waals surface area contributed by atoms with Gasteiger partial charge in [-0.15, -0.1) is 0 Å². The van der Waals surface area contributed by atoms with Gasteiger partial charge in [-0.25, -0.2) is 0 Å². The highest BCUT2D eigenvalue weighted by molar-refractivity contribution is 6.02. The monoisotopic (exact) mass is 369 g/mol. The molecule has 27 heavy (non-hydrogen) atoms. The number of piperidine rings is 1. The summed E-state index contributed by atoms with van der Waals surface area (Å²) in [5.41, 5.74) is 4.30. The lowest BCUT2D eigenvalue weighted by atomic mass is 9.92. The minimum Gasteiger partial charge on any atom is -0.387 e. The minimum absolute atomic E-state index is 0.0158. The van der Waals surface area contributed by atoms with Gasteiger partial charge in [-0.05, 0) is 76.2 Å². The Bertz CT molecular complexity index is 866. The molecule has 1 atom stereocenters. The van der Waals surface area contributed by atoms with Gasteiger partial charge in [0, 0.05) is 24.0 Å². The number of fused-ring (bicyclic) bond motifs is 1. The van der Waals surface area contributed by atoms with Crippen LogP contribution in [-0.2, 0) is 0 Å². The van der Waals surface area contributed by atoms with E-state index >= 15 is 0 Å². The average molecular weight is 370 g/mol. The molecule has 1 aromatic heterocycles. The number of hydrogen-bond donors (Lipinski definition) is 2. The highest BCUT2D eigenvalue weighted by atomic mass is 16.3. The van der Waals surface area contributed by atoms with Gasteiger partial charge < -0.3 is 19.9 Å². The number of carbonyl (C=O) groups is 1. The van der Waals surface area contributed by atoms with Crippen LogP contribution in [0.5, 0.6) is 0 Å². The third-order valence-electron chi connectivity index (χ3n) is 6.40. The number of hydrogen-bond acceptors (Lipinski definition) is 3. The van der Waals surface area contributed by atoms with Crippen LogP contribution in [0.4, 0.5) is 0 Å². The molecule has 2 aliphatic rings.